The minimum absolute atomic E-state index is 0.00158. The van der Waals surface area contributed by atoms with Gasteiger partial charge in [-0.25, -0.2) is 13.4 Å². The van der Waals surface area contributed by atoms with Crippen molar-refractivity contribution in [3.05, 3.63) is 40.4 Å². The molecule has 0 aliphatic heterocycles. The van der Waals surface area contributed by atoms with E-state index in [1.165, 1.54) is 23.6 Å². The maximum Gasteiger partial charge on any atom is 0.244 e. The summed E-state index contributed by atoms with van der Waals surface area (Å²) >= 11 is 11.5. The molecule has 9 heteroatoms. The number of hydrogen-bond donors (Lipinski definition) is 0. The van der Waals surface area contributed by atoms with Gasteiger partial charge < -0.3 is 0 Å². The Hall–Kier alpha value is -1.15. The van der Waals surface area contributed by atoms with Crippen molar-refractivity contribution in [2.45, 2.75) is 11.4 Å². The van der Waals surface area contributed by atoms with E-state index in [9.17, 15) is 8.42 Å². The zero-order valence-corrected chi connectivity index (χ0v) is 13.1. The predicted octanol–water partition coefficient (Wildman–Crippen LogP) is 1.94. The summed E-state index contributed by atoms with van der Waals surface area (Å²) < 4.78 is 27.5. The highest BCUT2D eigenvalue weighted by Crippen LogP contribution is 2.24. The highest BCUT2D eigenvalue weighted by molar-refractivity contribution is 7.89. The van der Waals surface area contributed by atoms with Gasteiger partial charge in [-0.05, 0) is 6.07 Å². The van der Waals surface area contributed by atoms with Crippen molar-refractivity contribution >= 4 is 33.2 Å². The van der Waals surface area contributed by atoms with Crippen molar-refractivity contribution in [2.75, 3.05) is 7.05 Å². The number of halogens is 2. The fourth-order valence-corrected chi connectivity index (χ4v) is 3.09. The average Bonchev–Trinajstić information content (AvgIpc) is 2.78. The Balaban J connectivity index is 2.27. The lowest BCUT2D eigenvalue weighted by molar-refractivity contribution is 0.466. The molecule has 0 atom stereocenters. The summed E-state index contributed by atoms with van der Waals surface area (Å²) in [6, 6.07) is 1.28. The summed E-state index contributed by atoms with van der Waals surface area (Å²) in [5, 5.41) is 4.16. The van der Waals surface area contributed by atoms with Crippen LogP contribution in [0.15, 0.2) is 29.6 Å². The summed E-state index contributed by atoms with van der Waals surface area (Å²) in [7, 11) is -0.435. The van der Waals surface area contributed by atoms with Crippen molar-refractivity contribution in [1.29, 1.82) is 0 Å². The second-order valence-electron chi connectivity index (χ2n) is 4.23. The molecule has 0 aliphatic carbocycles. The van der Waals surface area contributed by atoms with Gasteiger partial charge in [0.05, 0.1) is 11.2 Å². The van der Waals surface area contributed by atoms with Gasteiger partial charge in [0.2, 0.25) is 10.0 Å². The Kier molecular flexibility index (Phi) is 4.33. The Morgan fingerprint density at radius 1 is 1.35 bits per heavy atom. The lowest BCUT2D eigenvalue weighted by Gasteiger charge is -2.16. The summed E-state index contributed by atoms with van der Waals surface area (Å²) in [6.45, 7) is 0.205. The molecular weight excluding hydrogens is 323 g/mol. The van der Waals surface area contributed by atoms with Crippen LogP contribution in [0.4, 0.5) is 0 Å². The van der Waals surface area contributed by atoms with Crippen molar-refractivity contribution < 1.29 is 8.42 Å². The minimum Gasteiger partial charge on any atom is -0.275 e. The summed E-state index contributed by atoms with van der Waals surface area (Å²) in [5.41, 5.74) is 0.784. The molecule has 0 saturated heterocycles. The molecule has 20 heavy (non-hydrogen) atoms. The Morgan fingerprint density at radius 2 is 2.05 bits per heavy atom. The molecule has 0 N–H and O–H groups in total. The highest BCUT2D eigenvalue weighted by atomic mass is 35.5. The van der Waals surface area contributed by atoms with Gasteiger partial charge >= 0.3 is 0 Å². The normalized spacial score (nSPS) is 12.1. The predicted molar refractivity (Wildman–Crippen MR) is 76.1 cm³/mol. The van der Waals surface area contributed by atoms with Crippen LogP contribution in [0.5, 0.6) is 0 Å². The summed E-state index contributed by atoms with van der Waals surface area (Å²) in [5.74, 6) is 0. The topological polar surface area (TPSA) is 68.1 Å². The molecule has 6 nitrogen and oxygen atoms in total. The molecule has 2 rings (SSSR count). The van der Waals surface area contributed by atoms with Gasteiger partial charge in [-0.2, -0.15) is 9.40 Å². The van der Waals surface area contributed by atoms with Gasteiger partial charge in [-0.15, -0.1) is 0 Å². The number of sulfonamides is 1. The highest BCUT2D eigenvalue weighted by Gasteiger charge is 2.22. The van der Waals surface area contributed by atoms with Crippen LogP contribution in [0.3, 0.4) is 0 Å². The van der Waals surface area contributed by atoms with Crippen molar-refractivity contribution in [1.82, 2.24) is 19.1 Å². The number of hydrogen-bond acceptors (Lipinski definition) is 4. The fraction of sp³-hybridized carbons (Fsp3) is 0.273. The van der Waals surface area contributed by atoms with E-state index in [2.05, 4.69) is 10.1 Å². The first-order valence-electron chi connectivity index (χ1n) is 5.55. The average molecular weight is 335 g/mol. The second kappa shape index (κ2) is 5.69. The smallest absolute Gasteiger partial charge is 0.244 e. The standard InChI is InChI=1S/C11H12Cl2N4O2S/c1-16-6-8(4-15-16)7-17(2)20(18,19)9-3-10(12)11(13)14-5-9/h3-6H,7H2,1-2H3. The largest absolute Gasteiger partial charge is 0.275 e. The van der Waals surface area contributed by atoms with Crippen LogP contribution in [0.25, 0.3) is 0 Å². The first-order chi connectivity index (χ1) is 9.30. The molecule has 0 bridgehead atoms. The van der Waals surface area contributed by atoms with Gasteiger partial charge in [0.25, 0.3) is 0 Å². The Bertz CT molecular complexity index is 730. The second-order valence-corrected chi connectivity index (χ2v) is 7.04. The lowest BCUT2D eigenvalue weighted by atomic mass is 10.4. The molecule has 0 saturated carbocycles. The molecule has 108 valence electrons. The zero-order chi connectivity index (χ0) is 14.9. The van der Waals surface area contributed by atoms with E-state index in [0.29, 0.717) is 0 Å². The van der Waals surface area contributed by atoms with Crippen LogP contribution >= 0.6 is 23.2 Å². The third kappa shape index (κ3) is 3.12. The fourth-order valence-electron chi connectivity index (χ4n) is 1.62. The monoisotopic (exact) mass is 334 g/mol. The van der Waals surface area contributed by atoms with E-state index in [1.54, 1.807) is 24.1 Å². The molecular formula is C11H12Cl2N4O2S. The van der Waals surface area contributed by atoms with Crippen LogP contribution in [-0.4, -0.2) is 34.5 Å². The summed E-state index contributed by atoms with van der Waals surface area (Å²) in [4.78, 5) is 3.75. The number of pyridine rings is 1. The van der Waals surface area contributed by atoms with E-state index in [1.807, 2.05) is 0 Å². The molecule has 0 fully saturated rings. The van der Waals surface area contributed by atoms with E-state index >= 15 is 0 Å². The number of aromatic nitrogens is 3. The molecule has 0 radical (unpaired) electrons. The Labute approximate surface area is 127 Å². The van der Waals surface area contributed by atoms with Crippen LogP contribution in [-0.2, 0) is 23.6 Å². The molecule has 0 unspecified atom stereocenters. The quantitative estimate of drug-likeness (QED) is 0.801. The Morgan fingerprint density at radius 3 is 2.60 bits per heavy atom. The number of aryl methyl sites for hydroxylation is 1. The van der Waals surface area contributed by atoms with Crippen LogP contribution in [0.2, 0.25) is 10.2 Å². The molecule has 0 aromatic carbocycles. The number of rotatable bonds is 4. The van der Waals surface area contributed by atoms with Gasteiger partial charge in [-0.1, -0.05) is 23.2 Å². The van der Waals surface area contributed by atoms with E-state index in [-0.39, 0.29) is 21.6 Å². The van der Waals surface area contributed by atoms with Crippen molar-refractivity contribution in [2.24, 2.45) is 7.05 Å². The molecule has 0 spiro atoms. The molecule has 2 aromatic rings. The van der Waals surface area contributed by atoms with Gasteiger partial charge in [0.1, 0.15) is 10.0 Å². The van der Waals surface area contributed by atoms with E-state index in [0.717, 1.165) is 5.56 Å². The molecule has 2 heterocycles. The SMILES string of the molecule is CN(Cc1cnn(C)c1)S(=O)(=O)c1cnc(Cl)c(Cl)c1. The molecule has 2 aromatic heterocycles. The first kappa shape index (κ1) is 15.2. The lowest BCUT2D eigenvalue weighted by Crippen LogP contribution is -2.26. The molecule has 0 amide bonds. The van der Waals surface area contributed by atoms with Crippen LogP contribution < -0.4 is 0 Å². The van der Waals surface area contributed by atoms with Gasteiger partial charge in [0, 0.05) is 38.6 Å². The maximum absolute atomic E-state index is 12.4. The van der Waals surface area contributed by atoms with Crippen LogP contribution in [0.1, 0.15) is 5.56 Å². The first-order valence-corrected chi connectivity index (χ1v) is 7.75. The third-order valence-corrected chi connectivity index (χ3v) is 5.10. The van der Waals surface area contributed by atoms with Crippen LogP contribution in [0, 0.1) is 0 Å². The van der Waals surface area contributed by atoms with Gasteiger partial charge in [0.15, 0.2) is 0 Å². The van der Waals surface area contributed by atoms with Crippen molar-refractivity contribution in [3.63, 3.8) is 0 Å². The van der Waals surface area contributed by atoms with E-state index in [4.69, 9.17) is 23.2 Å². The zero-order valence-electron chi connectivity index (χ0n) is 10.8. The minimum atomic E-state index is -3.68. The summed E-state index contributed by atoms with van der Waals surface area (Å²) in [6.07, 6.45) is 4.54. The number of nitrogens with zero attached hydrogens (tertiary/aromatic N) is 4. The van der Waals surface area contributed by atoms with E-state index < -0.39 is 10.0 Å². The molecule has 0 aliphatic rings. The third-order valence-electron chi connectivity index (χ3n) is 2.64. The maximum atomic E-state index is 12.4. The van der Waals surface area contributed by atoms with Crippen molar-refractivity contribution in [3.8, 4) is 0 Å². The van der Waals surface area contributed by atoms with Gasteiger partial charge in [-0.3, -0.25) is 4.68 Å².